The molecule has 4 nitrogen and oxygen atoms in total. The van der Waals surface area contributed by atoms with Gasteiger partial charge in [-0.1, -0.05) is 23.8 Å². The van der Waals surface area contributed by atoms with Gasteiger partial charge in [0, 0.05) is 12.0 Å². The van der Waals surface area contributed by atoms with E-state index in [0.29, 0.717) is 18.6 Å². The molecule has 0 aliphatic heterocycles. The Morgan fingerprint density at radius 1 is 1.19 bits per heavy atom. The van der Waals surface area contributed by atoms with Crippen LogP contribution in [0, 0.1) is 20.8 Å². The van der Waals surface area contributed by atoms with Crippen LogP contribution in [0.25, 0.3) is 0 Å². The predicted octanol–water partition coefficient (Wildman–Crippen LogP) is 5.44. The van der Waals surface area contributed by atoms with Crippen LogP contribution in [0.2, 0.25) is 0 Å². The summed E-state index contributed by atoms with van der Waals surface area (Å²) in [4.78, 5) is 12.6. The van der Waals surface area contributed by atoms with E-state index >= 15 is 0 Å². The van der Waals surface area contributed by atoms with Gasteiger partial charge in [-0.15, -0.1) is 6.58 Å². The van der Waals surface area contributed by atoms with Crippen molar-refractivity contribution in [3.05, 3.63) is 94.9 Å². The lowest BCUT2D eigenvalue weighted by molar-refractivity contribution is 0.0907. The number of hydrogen-bond acceptors (Lipinski definition) is 3. The fourth-order valence-corrected chi connectivity index (χ4v) is 3.41. The van der Waals surface area contributed by atoms with Gasteiger partial charge in [0.25, 0.3) is 5.91 Å². The van der Waals surface area contributed by atoms with Crippen molar-refractivity contribution in [3.63, 3.8) is 0 Å². The van der Waals surface area contributed by atoms with E-state index in [9.17, 15) is 4.79 Å². The minimum Gasteiger partial charge on any atom is -0.472 e. The number of rotatable bonds is 7. The highest BCUT2D eigenvalue weighted by molar-refractivity contribution is 5.91. The molecule has 1 aromatic carbocycles. The number of benzene rings is 1. The normalized spacial score (nSPS) is 12.0. The van der Waals surface area contributed by atoms with E-state index in [0.717, 1.165) is 11.3 Å². The molecule has 1 atom stereocenters. The number of nitrogens with one attached hydrogen (secondary N) is 1. The molecule has 140 valence electrons. The summed E-state index contributed by atoms with van der Waals surface area (Å²) in [6.45, 7) is 10.1. The van der Waals surface area contributed by atoms with E-state index in [4.69, 9.17) is 8.83 Å². The molecule has 0 spiro atoms. The molecule has 2 aromatic heterocycles. The number of furan rings is 2. The first-order chi connectivity index (χ1) is 13.0. The molecule has 0 aliphatic rings. The molecule has 3 aromatic rings. The summed E-state index contributed by atoms with van der Waals surface area (Å²) >= 11 is 0. The molecule has 1 amide bonds. The predicted molar refractivity (Wildman–Crippen MR) is 106 cm³/mol. The fourth-order valence-electron chi connectivity index (χ4n) is 3.41. The van der Waals surface area contributed by atoms with Crippen molar-refractivity contribution in [3.8, 4) is 0 Å². The van der Waals surface area contributed by atoms with E-state index in [2.05, 4.69) is 44.8 Å². The van der Waals surface area contributed by atoms with Crippen LogP contribution in [-0.4, -0.2) is 5.91 Å². The Hall–Kier alpha value is -3.01. The molecule has 0 bridgehead atoms. The largest absolute Gasteiger partial charge is 0.472 e. The molecule has 0 fully saturated rings. The Kier molecular flexibility index (Phi) is 5.65. The van der Waals surface area contributed by atoms with Crippen LogP contribution in [0.1, 0.15) is 56.6 Å². The number of carbonyl (C=O) groups excluding carboxylic acids is 1. The van der Waals surface area contributed by atoms with E-state index in [-0.39, 0.29) is 11.9 Å². The zero-order valence-corrected chi connectivity index (χ0v) is 16.0. The summed E-state index contributed by atoms with van der Waals surface area (Å²) in [6.07, 6.45) is 6.28. The van der Waals surface area contributed by atoms with Gasteiger partial charge in [0.1, 0.15) is 5.76 Å². The molecule has 1 unspecified atom stereocenters. The molecule has 1 N–H and O–H groups in total. The van der Waals surface area contributed by atoms with Gasteiger partial charge in [-0.05, 0) is 62.1 Å². The summed E-state index contributed by atoms with van der Waals surface area (Å²) in [5, 5.41) is 2.98. The van der Waals surface area contributed by atoms with Crippen LogP contribution < -0.4 is 5.32 Å². The molecule has 4 heteroatoms. The second-order valence-electron chi connectivity index (χ2n) is 6.93. The summed E-state index contributed by atoms with van der Waals surface area (Å²) in [5.74, 6) is 0.843. The van der Waals surface area contributed by atoms with Crippen LogP contribution in [0.3, 0.4) is 0 Å². The molecule has 27 heavy (non-hydrogen) atoms. The van der Waals surface area contributed by atoms with Gasteiger partial charge >= 0.3 is 0 Å². The summed E-state index contributed by atoms with van der Waals surface area (Å²) in [6, 6.07) is 9.58. The van der Waals surface area contributed by atoms with Gasteiger partial charge in [-0.25, -0.2) is 0 Å². The molecule has 3 rings (SSSR count). The van der Waals surface area contributed by atoms with Crippen molar-refractivity contribution in [1.29, 1.82) is 0 Å². The fraction of sp³-hybridized carbons (Fsp3) is 0.261. The van der Waals surface area contributed by atoms with Gasteiger partial charge in [0.05, 0.1) is 18.6 Å². The third kappa shape index (κ3) is 4.40. The number of hydrogen-bond donors (Lipinski definition) is 1. The van der Waals surface area contributed by atoms with E-state index in [1.165, 1.54) is 22.3 Å². The molecule has 0 aliphatic carbocycles. The highest BCUT2D eigenvalue weighted by Gasteiger charge is 2.18. The Morgan fingerprint density at radius 2 is 1.93 bits per heavy atom. The Labute approximate surface area is 159 Å². The summed E-state index contributed by atoms with van der Waals surface area (Å²) < 4.78 is 10.9. The van der Waals surface area contributed by atoms with Gasteiger partial charge in [0.2, 0.25) is 0 Å². The van der Waals surface area contributed by atoms with Crippen molar-refractivity contribution >= 4 is 5.91 Å². The Balaban J connectivity index is 1.73. The van der Waals surface area contributed by atoms with Crippen molar-refractivity contribution < 1.29 is 13.6 Å². The molecule has 0 saturated heterocycles. The number of amides is 1. The summed E-state index contributed by atoms with van der Waals surface area (Å²) in [7, 11) is 0. The Bertz CT molecular complexity index is 911. The molecule has 0 radical (unpaired) electrons. The number of carbonyl (C=O) groups is 1. The van der Waals surface area contributed by atoms with Crippen LogP contribution in [0.15, 0.2) is 64.3 Å². The van der Waals surface area contributed by atoms with Gasteiger partial charge in [-0.3, -0.25) is 4.79 Å². The maximum absolute atomic E-state index is 12.6. The number of aryl methyl sites for hydroxylation is 3. The van der Waals surface area contributed by atoms with Crippen molar-refractivity contribution in [2.24, 2.45) is 0 Å². The monoisotopic (exact) mass is 363 g/mol. The second kappa shape index (κ2) is 8.12. The first-order valence-electron chi connectivity index (χ1n) is 9.07. The van der Waals surface area contributed by atoms with Crippen LogP contribution in [-0.2, 0) is 6.42 Å². The standard InChI is InChI=1S/C23H25NO3/c1-5-6-21(18-9-10-26-14-18)24-23(25)22-8-7-19(27-22)13-20-16(3)11-15(2)12-17(20)4/h5,7-12,14,21H,1,6,13H2,2-4H3,(H,24,25). The van der Waals surface area contributed by atoms with Crippen LogP contribution in [0.4, 0.5) is 0 Å². The molecular weight excluding hydrogens is 338 g/mol. The quantitative estimate of drug-likeness (QED) is 0.569. The Morgan fingerprint density at radius 3 is 2.56 bits per heavy atom. The lowest BCUT2D eigenvalue weighted by Crippen LogP contribution is -2.27. The first-order valence-corrected chi connectivity index (χ1v) is 9.07. The van der Waals surface area contributed by atoms with Crippen molar-refractivity contribution in [2.45, 2.75) is 39.7 Å². The first kappa shape index (κ1) is 18.8. The van der Waals surface area contributed by atoms with Gasteiger partial charge in [-0.2, -0.15) is 0 Å². The smallest absolute Gasteiger partial charge is 0.287 e. The van der Waals surface area contributed by atoms with E-state index in [1.54, 1.807) is 24.7 Å². The van der Waals surface area contributed by atoms with Crippen molar-refractivity contribution in [2.75, 3.05) is 0 Å². The van der Waals surface area contributed by atoms with Gasteiger partial charge < -0.3 is 14.2 Å². The zero-order chi connectivity index (χ0) is 19.4. The highest BCUT2D eigenvalue weighted by Crippen LogP contribution is 2.22. The molecular formula is C23H25NO3. The summed E-state index contributed by atoms with van der Waals surface area (Å²) in [5.41, 5.74) is 5.87. The minimum atomic E-state index is -0.244. The molecule has 0 saturated carbocycles. The topological polar surface area (TPSA) is 55.4 Å². The maximum atomic E-state index is 12.6. The average molecular weight is 363 g/mol. The molecule has 2 heterocycles. The average Bonchev–Trinajstić information content (AvgIpc) is 3.29. The third-order valence-corrected chi connectivity index (χ3v) is 4.73. The van der Waals surface area contributed by atoms with E-state index < -0.39 is 0 Å². The van der Waals surface area contributed by atoms with Crippen molar-refractivity contribution in [1.82, 2.24) is 5.32 Å². The zero-order valence-electron chi connectivity index (χ0n) is 16.0. The minimum absolute atomic E-state index is 0.191. The SMILES string of the molecule is C=CCC(NC(=O)c1ccc(Cc2c(C)cc(C)cc2C)o1)c1ccoc1. The van der Waals surface area contributed by atoms with Gasteiger partial charge in [0.15, 0.2) is 5.76 Å². The second-order valence-corrected chi connectivity index (χ2v) is 6.93. The van der Waals surface area contributed by atoms with Crippen LogP contribution in [0.5, 0.6) is 0 Å². The lowest BCUT2D eigenvalue weighted by Gasteiger charge is -2.14. The van der Waals surface area contributed by atoms with Crippen LogP contribution >= 0.6 is 0 Å². The van der Waals surface area contributed by atoms with E-state index in [1.807, 2.05) is 12.1 Å². The third-order valence-electron chi connectivity index (χ3n) is 4.73. The maximum Gasteiger partial charge on any atom is 0.287 e. The lowest BCUT2D eigenvalue weighted by atomic mass is 9.97. The highest BCUT2D eigenvalue weighted by atomic mass is 16.4.